The van der Waals surface area contributed by atoms with Gasteiger partial charge in [0, 0.05) is 17.6 Å². The Morgan fingerprint density at radius 3 is 2.57 bits per heavy atom. The summed E-state index contributed by atoms with van der Waals surface area (Å²) in [5.74, 6) is -0.696. The molecule has 0 radical (unpaired) electrons. The largest absolute Gasteiger partial charge is 0.493 e. The van der Waals surface area contributed by atoms with Crippen LogP contribution in [0.15, 0.2) is 57.6 Å². The number of aromatic hydroxyl groups is 1. The van der Waals surface area contributed by atoms with Crippen LogP contribution >= 0.6 is 12.2 Å². The Bertz CT molecular complexity index is 1190. The van der Waals surface area contributed by atoms with Gasteiger partial charge in [0.25, 0.3) is 0 Å². The number of thiocarbonyl (C=S) groups is 1. The normalized spacial score (nSPS) is 12.0. The van der Waals surface area contributed by atoms with E-state index in [0.717, 1.165) is 0 Å². The number of halogens is 1. The number of benzene rings is 2. The van der Waals surface area contributed by atoms with E-state index >= 15 is 0 Å². The van der Waals surface area contributed by atoms with Crippen LogP contribution < -0.4 is 10.5 Å². The van der Waals surface area contributed by atoms with Gasteiger partial charge in [-0.15, -0.1) is 10.2 Å². The summed E-state index contributed by atoms with van der Waals surface area (Å²) in [7, 11) is -3.79. The third-order valence-corrected chi connectivity index (χ3v) is 5.08. The number of primary sulfonamides is 1. The Labute approximate surface area is 165 Å². The highest BCUT2D eigenvalue weighted by Gasteiger charge is 2.18. The van der Waals surface area contributed by atoms with Gasteiger partial charge in [-0.3, -0.25) is 0 Å². The van der Waals surface area contributed by atoms with Gasteiger partial charge in [-0.2, -0.15) is 0 Å². The number of nitrogens with two attached hydrogens (primary N) is 1. The van der Waals surface area contributed by atoms with Crippen LogP contribution in [-0.2, 0) is 16.6 Å². The summed E-state index contributed by atoms with van der Waals surface area (Å²) in [4.78, 5) is -0.0371. The molecule has 0 saturated heterocycles. The molecule has 0 fully saturated rings. The molecule has 1 heterocycles. The Balaban J connectivity index is 1.85. The Morgan fingerprint density at radius 2 is 1.96 bits per heavy atom. The molecule has 28 heavy (non-hydrogen) atoms. The van der Waals surface area contributed by atoms with E-state index in [1.54, 1.807) is 13.0 Å². The first kappa shape index (κ1) is 19.9. The van der Waals surface area contributed by atoms with E-state index < -0.39 is 15.8 Å². The lowest BCUT2D eigenvalue weighted by Gasteiger charge is -2.04. The predicted molar refractivity (Wildman–Crippen MR) is 108 cm³/mol. The average molecular weight is 421 g/mol. The van der Waals surface area contributed by atoms with Crippen molar-refractivity contribution in [2.24, 2.45) is 15.4 Å². The van der Waals surface area contributed by atoms with Crippen molar-refractivity contribution >= 4 is 49.6 Å². The molecule has 0 aliphatic rings. The topological polar surface area (TPSA) is 122 Å². The van der Waals surface area contributed by atoms with Crippen LogP contribution in [0.25, 0.3) is 10.9 Å². The van der Waals surface area contributed by atoms with Gasteiger partial charge in [0.2, 0.25) is 21.0 Å². The van der Waals surface area contributed by atoms with Gasteiger partial charge in [-0.25, -0.2) is 17.9 Å². The Hall–Kier alpha value is -2.89. The number of fused-ring (bicyclic) bond motifs is 1. The van der Waals surface area contributed by atoms with Crippen LogP contribution in [0.5, 0.6) is 5.88 Å². The molecule has 0 unspecified atom stereocenters. The molecule has 146 valence electrons. The minimum Gasteiger partial charge on any atom is -0.493 e. The van der Waals surface area contributed by atoms with E-state index in [1.807, 2.05) is 0 Å². The molecular weight excluding hydrogens is 405 g/mol. The minimum absolute atomic E-state index is 0.0310. The SMILES string of the molecule is CCn1c(O)c(N=NC(=S)Nc2ccc(S(N)(=O)=O)cc2)c2cccc(F)c21. The summed E-state index contributed by atoms with van der Waals surface area (Å²) in [5, 5.41) is 26.4. The number of rotatable bonds is 4. The van der Waals surface area contributed by atoms with E-state index in [9.17, 15) is 17.9 Å². The van der Waals surface area contributed by atoms with Crippen molar-refractivity contribution in [2.45, 2.75) is 18.4 Å². The molecule has 3 rings (SSSR count). The molecule has 0 aliphatic heterocycles. The van der Waals surface area contributed by atoms with Crippen LogP contribution in [0, 0.1) is 5.82 Å². The van der Waals surface area contributed by atoms with Gasteiger partial charge < -0.3 is 15.0 Å². The molecule has 2 aromatic carbocycles. The van der Waals surface area contributed by atoms with Crippen molar-refractivity contribution in [2.75, 3.05) is 5.32 Å². The van der Waals surface area contributed by atoms with Crippen LogP contribution in [0.2, 0.25) is 0 Å². The van der Waals surface area contributed by atoms with Crippen molar-refractivity contribution in [3.8, 4) is 5.88 Å². The quantitative estimate of drug-likeness (QED) is 0.439. The molecule has 0 spiro atoms. The second kappa shape index (κ2) is 7.62. The number of para-hydroxylation sites is 1. The Morgan fingerprint density at radius 1 is 1.29 bits per heavy atom. The number of nitrogens with zero attached hydrogens (tertiary/aromatic N) is 3. The summed E-state index contributed by atoms with van der Waals surface area (Å²) in [6.07, 6.45) is 0. The summed E-state index contributed by atoms with van der Waals surface area (Å²) >= 11 is 5.09. The van der Waals surface area contributed by atoms with Gasteiger partial charge in [-0.05, 0) is 49.5 Å². The second-order valence-electron chi connectivity index (χ2n) is 5.75. The standard InChI is InChI=1S/C17H16FN5O3S2/c1-2-23-15-12(4-3-5-13(15)18)14(16(23)24)21-22-17(27)20-10-6-8-11(9-7-10)28(19,25)26/h3-9,24H,2H2,1H3,(H,20,27)(H2,19,25,26). The summed E-state index contributed by atoms with van der Waals surface area (Å²) in [5.41, 5.74) is 0.807. The van der Waals surface area contributed by atoms with Crippen molar-refractivity contribution in [3.05, 3.63) is 48.3 Å². The zero-order valence-electron chi connectivity index (χ0n) is 14.6. The fourth-order valence-corrected chi connectivity index (χ4v) is 3.39. The molecule has 11 heteroatoms. The molecule has 0 bridgehead atoms. The van der Waals surface area contributed by atoms with E-state index in [4.69, 9.17) is 17.4 Å². The maximum Gasteiger partial charge on any atom is 0.238 e. The van der Waals surface area contributed by atoms with Crippen LogP contribution in [0.3, 0.4) is 0 Å². The summed E-state index contributed by atoms with van der Waals surface area (Å²) in [6.45, 7) is 2.11. The third kappa shape index (κ3) is 3.86. The van der Waals surface area contributed by atoms with Gasteiger partial charge in [0.1, 0.15) is 5.82 Å². The zero-order chi connectivity index (χ0) is 20.5. The number of nitrogens with one attached hydrogen (secondary N) is 1. The predicted octanol–water partition coefficient (Wildman–Crippen LogP) is 3.63. The van der Waals surface area contributed by atoms with E-state index in [2.05, 4.69) is 15.5 Å². The fourth-order valence-electron chi connectivity index (χ4n) is 2.71. The highest BCUT2D eigenvalue weighted by molar-refractivity contribution is 7.89. The van der Waals surface area contributed by atoms with Gasteiger partial charge in [0.05, 0.1) is 10.4 Å². The number of aromatic nitrogens is 1. The molecule has 8 nitrogen and oxygen atoms in total. The molecule has 1 aromatic heterocycles. The van der Waals surface area contributed by atoms with Crippen LogP contribution in [-0.4, -0.2) is 23.2 Å². The maximum absolute atomic E-state index is 14.1. The smallest absolute Gasteiger partial charge is 0.238 e. The molecule has 4 N–H and O–H groups in total. The second-order valence-corrected chi connectivity index (χ2v) is 7.70. The minimum atomic E-state index is -3.79. The van der Waals surface area contributed by atoms with Gasteiger partial charge in [0.15, 0.2) is 5.69 Å². The number of anilines is 1. The molecule has 0 aliphatic carbocycles. The first-order chi connectivity index (χ1) is 13.2. The first-order valence-electron chi connectivity index (χ1n) is 8.07. The number of hydrogen-bond acceptors (Lipinski definition) is 5. The van der Waals surface area contributed by atoms with Crippen LogP contribution in [0.4, 0.5) is 15.8 Å². The fraction of sp³-hybridized carbons (Fsp3) is 0.118. The first-order valence-corrected chi connectivity index (χ1v) is 10.0. The van der Waals surface area contributed by atoms with E-state index in [1.165, 1.54) is 41.0 Å². The number of sulfonamides is 1. The lowest BCUT2D eigenvalue weighted by atomic mass is 10.2. The monoisotopic (exact) mass is 421 g/mol. The highest BCUT2D eigenvalue weighted by Crippen LogP contribution is 2.39. The summed E-state index contributed by atoms with van der Waals surface area (Å²) < 4.78 is 38.0. The van der Waals surface area contributed by atoms with Crippen molar-refractivity contribution in [1.82, 2.24) is 4.57 Å². The molecule has 3 aromatic rings. The van der Waals surface area contributed by atoms with Gasteiger partial charge >= 0.3 is 0 Å². The molecule has 0 saturated carbocycles. The van der Waals surface area contributed by atoms with E-state index in [0.29, 0.717) is 17.6 Å². The zero-order valence-corrected chi connectivity index (χ0v) is 16.3. The van der Waals surface area contributed by atoms with Crippen molar-refractivity contribution in [1.29, 1.82) is 0 Å². The van der Waals surface area contributed by atoms with Crippen molar-refractivity contribution < 1.29 is 17.9 Å². The molecule has 0 atom stereocenters. The number of hydrogen-bond donors (Lipinski definition) is 3. The Kier molecular flexibility index (Phi) is 5.40. The van der Waals surface area contributed by atoms with E-state index in [-0.39, 0.29) is 27.1 Å². The third-order valence-electron chi connectivity index (χ3n) is 3.97. The number of aryl methyl sites for hydroxylation is 1. The summed E-state index contributed by atoms with van der Waals surface area (Å²) in [6, 6.07) is 10.0. The lowest BCUT2D eigenvalue weighted by molar-refractivity contribution is 0.425. The van der Waals surface area contributed by atoms with Crippen LogP contribution in [0.1, 0.15) is 6.92 Å². The van der Waals surface area contributed by atoms with Crippen molar-refractivity contribution in [3.63, 3.8) is 0 Å². The average Bonchev–Trinajstić information content (AvgIpc) is 2.92. The molecular formula is C17H16FN5O3S2. The molecule has 0 amide bonds. The highest BCUT2D eigenvalue weighted by atomic mass is 32.2. The van der Waals surface area contributed by atoms with Gasteiger partial charge in [-0.1, -0.05) is 12.1 Å². The lowest BCUT2D eigenvalue weighted by Crippen LogP contribution is -2.12. The number of azo groups is 1. The maximum atomic E-state index is 14.1.